The van der Waals surface area contributed by atoms with Gasteiger partial charge in [-0.05, 0) is 147 Å². The van der Waals surface area contributed by atoms with E-state index >= 15 is 0 Å². The molecule has 0 aromatic rings. The van der Waals surface area contributed by atoms with Gasteiger partial charge in [-0.15, -0.1) is 0 Å². The molecule has 0 spiro atoms. The van der Waals surface area contributed by atoms with E-state index in [-0.39, 0.29) is 49.9 Å². The van der Waals surface area contributed by atoms with Crippen molar-refractivity contribution in [3.8, 4) is 0 Å². The fourth-order valence-corrected chi connectivity index (χ4v) is 9.25. The molecule has 0 fully saturated rings. The summed E-state index contributed by atoms with van der Waals surface area (Å²) in [6.45, 7) is 11.9. The lowest BCUT2D eigenvalue weighted by molar-refractivity contribution is -0.167. The summed E-state index contributed by atoms with van der Waals surface area (Å²) in [7, 11) is 0. The Labute approximate surface area is 397 Å². The van der Waals surface area contributed by atoms with E-state index in [1.807, 2.05) is 27.7 Å². The number of aliphatic hydroxyl groups excluding tert-OH is 10. The van der Waals surface area contributed by atoms with E-state index in [9.17, 15) is 55.9 Å². The number of esters is 1. The lowest BCUT2D eigenvalue weighted by Crippen LogP contribution is -2.42. The van der Waals surface area contributed by atoms with Crippen molar-refractivity contribution in [2.75, 3.05) is 6.54 Å². The van der Waals surface area contributed by atoms with E-state index in [1.165, 1.54) is 0 Å². The van der Waals surface area contributed by atoms with Crippen LogP contribution in [0.4, 0.5) is 0 Å². The Morgan fingerprint density at radius 1 is 0.727 bits per heavy atom. The molecule has 15 unspecified atom stereocenters. The molecule has 0 radical (unpaired) electrons. The van der Waals surface area contributed by atoms with E-state index in [4.69, 9.17) is 16.2 Å². The van der Waals surface area contributed by atoms with Gasteiger partial charge in [-0.1, -0.05) is 71.1 Å². The summed E-state index contributed by atoms with van der Waals surface area (Å²) < 4.78 is 6.36. The van der Waals surface area contributed by atoms with Gasteiger partial charge in [-0.25, -0.2) is 0 Å². The average Bonchev–Trinajstić information content (AvgIpc) is 3.24. The lowest BCUT2D eigenvalue weighted by Gasteiger charge is -2.34. The van der Waals surface area contributed by atoms with Crippen LogP contribution in [0.3, 0.4) is 0 Å². The monoisotopic (exact) mass is 944 g/mol. The minimum Gasteiger partial charge on any atom is -0.461 e. The molecule has 0 amide bonds. The van der Waals surface area contributed by atoms with E-state index in [0.29, 0.717) is 102 Å². The van der Waals surface area contributed by atoms with Crippen molar-refractivity contribution in [1.82, 2.24) is 0 Å². The Kier molecular flexibility index (Phi) is 32.8. The maximum absolute atomic E-state index is 14.2. The van der Waals surface area contributed by atoms with Crippen molar-refractivity contribution in [3.63, 3.8) is 0 Å². The number of guanidine groups is 1. The number of cyclic esters (lactones) is 1. The minimum atomic E-state index is -1.03. The number of aliphatic hydroxyl groups is 10. The highest BCUT2D eigenvalue weighted by Gasteiger charge is 2.37. The Balaban J connectivity index is 3.28. The Morgan fingerprint density at radius 3 is 1.89 bits per heavy atom. The van der Waals surface area contributed by atoms with Crippen LogP contribution in [0.5, 0.6) is 0 Å². The SMILES string of the molecule is CCCCCC1C(=O)OC(C(C)C(O)CCCN=C(N)N)C(C)/C=C(\C)CCCCC(O)CC(O)CC(O)CC(O)CC(O)C/C=C(\C)C(O)CCCC(O)CCCC(O)CCC(C)C1O. The zero-order valence-electron chi connectivity index (χ0n) is 41.7. The fourth-order valence-electron chi connectivity index (χ4n) is 9.25. The van der Waals surface area contributed by atoms with Crippen LogP contribution in [-0.2, 0) is 9.53 Å². The maximum atomic E-state index is 14.2. The number of rotatable bonds is 10. The molecule has 1 aliphatic heterocycles. The first-order chi connectivity index (χ1) is 31.1. The molecule has 1 heterocycles. The number of carbonyl (C=O) groups excluding carboxylic acids is 1. The van der Waals surface area contributed by atoms with E-state index in [1.54, 1.807) is 13.0 Å². The predicted octanol–water partition coefficient (Wildman–Crippen LogP) is 5.20. The summed E-state index contributed by atoms with van der Waals surface area (Å²) in [5.74, 6) is -2.42. The summed E-state index contributed by atoms with van der Waals surface area (Å²) in [6, 6.07) is 0. The van der Waals surface area contributed by atoms with Crippen LogP contribution >= 0.6 is 0 Å². The molecule has 1 aliphatic rings. The van der Waals surface area contributed by atoms with Gasteiger partial charge < -0.3 is 67.3 Å². The molecule has 15 heteroatoms. The van der Waals surface area contributed by atoms with Crippen LogP contribution in [0.2, 0.25) is 0 Å². The summed E-state index contributed by atoms with van der Waals surface area (Å²) in [4.78, 5) is 18.3. The van der Waals surface area contributed by atoms with Gasteiger partial charge in [-0.2, -0.15) is 0 Å². The highest BCUT2D eigenvalue weighted by molar-refractivity contribution is 5.75. The maximum Gasteiger partial charge on any atom is 0.311 e. The smallest absolute Gasteiger partial charge is 0.311 e. The van der Waals surface area contributed by atoms with Gasteiger partial charge >= 0.3 is 5.97 Å². The van der Waals surface area contributed by atoms with Crippen molar-refractivity contribution < 1.29 is 60.6 Å². The molecule has 0 bridgehead atoms. The van der Waals surface area contributed by atoms with Crippen molar-refractivity contribution in [2.45, 2.75) is 256 Å². The summed E-state index contributed by atoms with van der Waals surface area (Å²) >= 11 is 0. The van der Waals surface area contributed by atoms with Gasteiger partial charge in [0, 0.05) is 18.4 Å². The second-order valence-corrected chi connectivity index (χ2v) is 20.1. The number of hydrogen-bond donors (Lipinski definition) is 12. The molecule has 0 saturated carbocycles. The number of carbonyl (C=O) groups is 1. The number of ether oxygens (including phenoxy) is 1. The van der Waals surface area contributed by atoms with E-state index in [2.05, 4.69) is 18.0 Å². The second kappa shape index (κ2) is 35.0. The van der Waals surface area contributed by atoms with Crippen LogP contribution in [0.15, 0.2) is 28.3 Å². The summed E-state index contributed by atoms with van der Waals surface area (Å²) in [5.41, 5.74) is 12.7. The van der Waals surface area contributed by atoms with Gasteiger partial charge in [0.2, 0.25) is 0 Å². The largest absolute Gasteiger partial charge is 0.461 e. The number of unbranched alkanes of at least 4 members (excludes halogenated alkanes) is 2. The van der Waals surface area contributed by atoms with Crippen LogP contribution in [0, 0.1) is 23.7 Å². The number of hydrogen-bond acceptors (Lipinski definition) is 13. The predicted molar refractivity (Wildman–Crippen MR) is 261 cm³/mol. The minimum absolute atomic E-state index is 0.0122. The molecule has 66 heavy (non-hydrogen) atoms. The van der Waals surface area contributed by atoms with Gasteiger partial charge in [0.05, 0.1) is 67.0 Å². The first kappa shape index (κ1) is 61.8. The molecule has 0 saturated heterocycles. The third kappa shape index (κ3) is 27.7. The summed E-state index contributed by atoms with van der Waals surface area (Å²) in [5, 5.41) is 108. The molecular weight excluding hydrogens is 847 g/mol. The number of aliphatic imine (C=N–C) groups is 1. The number of nitrogens with zero attached hydrogens (tertiary/aromatic N) is 1. The highest BCUT2D eigenvalue weighted by Crippen LogP contribution is 2.31. The van der Waals surface area contributed by atoms with E-state index < -0.39 is 84.9 Å². The first-order valence-corrected chi connectivity index (χ1v) is 25.5. The Hall–Kier alpha value is -2.18. The zero-order chi connectivity index (χ0) is 49.8. The van der Waals surface area contributed by atoms with Crippen molar-refractivity contribution in [2.24, 2.45) is 40.1 Å². The standard InChI is InChI=1S/C51H97N3O12/c1-7-8-9-20-45-48(64)35(4)24-25-39(56)18-12-17-38(55)19-13-21-46(62)34(3)23-26-41(58)30-43(60)32-44(61)31-42(59)29-40(57)16-11-10-15-33(2)28-36(5)49(66-50(45)65)37(6)47(63)22-14-27-54-51(52)53/h23,28,35-49,55-64H,7-22,24-27,29-32H2,1-6H3,(H4,52,53,54)/b33-28+,34-23+. The fraction of sp³-hybridized carbons (Fsp3) is 0.882. The van der Waals surface area contributed by atoms with Crippen LogP contribution in [0.1, 0.15) is 189 Å². The average molecular weight is 944 g/mol. The Bertz CT molecular complexity index is 1360. The quantitative estimate of drug-likeness (QED) is 0.0441. The highest BCUT2D eigenvalue weighted by atomic mass is 16.5. The summed E-state index contributed by atoms with van der Waals surface area (Å²) in [6.07, 6.45) is 5.18. The third-order valence-electron chi connectivity index (χ3n) is 13.6. The molecule has 15 nitrogen and oxygen atoms in total. The van der Waals surface area contributed by atoms with Gasteiger partial charge in [0.25, 0.3) is 0 Å². The molecule has 0 aliphatic carbocycles. The van der Waals surface area contributed by atoms with Crippen molar-refractivity contribution in [3.05, 3.63) is 23.3 Å². The first-order valence-electron chi connectivity index (χ1n) is 25.5. The molecule has 14 N–H and O–H groups in total. The molecule has 0 aromatic carbocycles. The van der Waals surface area contributed by atoms with Gasteiger partial charge in [0.15, 0.2) is 5.96 Å². The van der Waals surface area contributed by atoms with E-state index in [0.717, 1.165) is 31.3 Å². The Morgan fingerprint density at radius 2 is 1.29 bits per heavy atom. The van der Waals surface area contributed by atoms with Crippen LogP contribution in [-0.4, -0.2) is 137 Å². The third-order valence-corrected chi connectivity index (χ3v) is 13.6. The number of allylic oxidation sites excluding steroid dienone is 1. The van der Waals surface area contributed by atoms with Crippen molar-refractivity contribution in [1.29, 1.82) is 0 Å². The molecule has 15 atom stereocenters. The molecule has 0 aromatic heterocycles. The second-order valence-electron chi connectivity index (χ2n) is 20.1. The molecule has 388 valence electrons. The lowest BCUT2D eigenvalue weighted by atomic mass is 9.83. The topological polar surface area (TPSA) is 293 Å². The molecular formula is C51H97N3O12. The zero-order valence-corrected chi connectivity index (χ0v) is 41.7. The number of nitrogens with two attached hydrogens (primary N) is 2. The van der Waals surface area contributed by atoms with Gasteiger partial charge in [0.1, 0.15) is 6.10 Å². The normalized spacial score (nSPS) is 35.5. The van der Waals surface area contributed by atoms with Crippen LogP contribution < -0.4 is 11.5 Å². The van der Waals surface area contributed by atoms with Crippen LogP contribution in [0.25, 0.3) is 0 Å². The van der Waals surface area contributed by atoms with Crippen molar-refractivity contribution >= 4 is 11.9 Å². The van der Waals surface area contributed by atoms with Gasteiger partial charge in [-0.3, -0.25) is 9.79 Å². The molecule has 1 rings (SSSR count).